The summed E-state index contributed by atoms with van der Waals surface area (Å²) in [5.41, 5.74) is 1.55. The number of nitrogens with zero attached hydrogens (tertiary/aromatic N) is 1. The number of piperidine rings is 1. The third-order valence-electron chi connectivity index (χ3n) is 5.89. The molecule has 1 aliphatic heterocycles. The predicted octanol–water partition coefficient (Wildman–Crippen LogP) is 2.90. The molecule has 0 radical (unpaired) electrons. The molecule has 0 saturated carbocycles. The Kier molecular flexibility index (Phi) is 8.23. The SMILES string of the molecule is CCC(=O)N1CCC([C@@H](NC(=O)c2cccc(C)c2)C(=O)N[C@@H](C)C(C)C)CC1. The average Bonchev–Trinajstić information content (AvgIpc) is 2.71. The average molecular weight is 402 g/mol. The zero-order valence-electron chi connectivity index (χ0n) is 18.3. The van der Waals surface area contributed by atoms with Crippen LogP contribution in [0.4, 0.5) is 0 Å². The Morgan fingerprint density at radius 1 is 1.10 bits per heavy atom. The molecular weight excluding hydrogens is 366 g/mol. The molecule has 0 aliphatic carbocycles. The fourth-order valence-electron chi connectivity index (χ4n) is 3.59. The van der Waals surface area contributed by atoms with Crippen LogP contribution in [0, 0.1) is 18.8 Å². The summed E-state index contributed by atoms with van der Waals surface area (Å²) in [7, 11) is 0. The number of benzene rings is 1. The molecule has 3 amide bonds. The van der Waals surface area contributed by atoms with Crippen molar-refractivity contribution in [2.45, 2.75) is 66.0 Å². The van der Waals surface area contributed by atoms with Crippen LogP contribution in [0.25, 0.3) is 0 Å². The van der Waals surface area contributed by atoms with Gasteiger partial charge in [-0.05, 0) is 50.7 Å². The van der Waals surface area contributed by atoms with Crippen LogP contribution in [-0.4, -0.2) is 47.8 Å². The van der Waals surface area contributed by atoms with E-state index in [0.29, 0.717) is 43.8 Å². The fraction of sp³-hybridized carbons (Fsp3) is 0.609. The van der Waals surface area contributed by atoms with E-state index in [1.165, 1.54) is 0 Å². The maximum atomic E-state index is 13.1. The third kappa shape index (κ3) is 6.31. The first-order valence-corrected chi connectivity index (χ1v) is 10.7. The van der Waals surface area contributed by atoms with Gasteiger partial charge in [-0.2, -0.15) is 0 Å². The summed E-state index contributed by atoms with van der Waals surface area (Å²) in [4.78, 5) is 39.7. The van der Waals surface area contributed by atoms with Crippen molar-refractivity contribution >= 4 is 17.7 Å². The minimum absolute atomic E-state index is 0.00373. The zero-order valence-corrected chi connectivity index (χ0v) is 18.3. The van der Waals surface area contributed by atoms with Gasteiger partial charge in [-0.25, -0.2) is 0 Å². The van der Waals surface area contributed by atoms with Crippen molar-refractivity contribution in [3.05, 3.63) is 35.4 Å². The second-order valence-corrected chi connectivity index (χ2v) is 8.43. The molecule has 6 heteroatoms. The van der Waals surface area contributed by atoms with Crippen LogP contribution >= 0.6 is 0 Å². The van der Waals surface area contributed by atoms with Gasteiger partial charge < -0.3 is 15.5 Å². The maximum absolute atomic E-state index is 13.1. The highest BCUT2D eigenvalue weighted by Gasteiger charge is 2.34. The first-order chi connectivity index (χ1) is 13.7. The number of hydrogen-bond acceptors (Lipinski definition) is 3. The van der Waals surface area contributed by atoms with Crippen molar-refractivity contribution in [2.75, 3.05) is 13.1 Å². The van der Waals surface area contributed by atoms with E-state index < -0.39 is 6.04 Å². The summed E-state index contributed by atoms with van der Waals surface area (Å²) < 4.78 is 0. The van der Waals surface area contributed by atoms with Gasteiger partial charge in [0.15, 0.2) is 0 Å². The second kappa shape index (κ2) is 10.4. The molecule has 29 heavy (non-hydrogen) atoms. The van der Waals surface area contributed by atoms with E-state index in [4.69, 9.17) is 0 Å². The number of likely N-dealkylation sites (tertiary alicyclic amines) is 1. The molecule has 0 bridgehead atoms. The number of rotatable bonds is 7. The Balaban J connectivity index is 2.14. The highest BCUT2D eigenvalue weighted by atomic mass is 16.2. The van der Waals surface area contributed by atoms with Crippen LogP contribution in [0.3, 0.4) is 0 Å². The maximum Gasteiger partial charge on any atom is 0.251 e. The molecular formula is C23H35N3O3. The van der Waals surface area contributed by atoms with Crippen LogP contribution in [0.1, 0.15) is 62.9 Å². The summed E-state index contributed by atoms with van der Waals surface area (Å²) >= 11 is 0. The van der Waals surface area contributed by atoms with Crippen LogP contribution in [-0.2, 0) is 9.59 Å². The van der Waals surface area contributed by atoms with Crippen molar-refractivity contribution < 1.29 is 14.4 Å². The van der Waals surface area contributed by atoms with Gasteiger partial charge in [-0.3, -0.25) is 14.4 Å². The lowest BCUT2D eigenvalue weighted by atomic mass is 9.88. The largest absolute Gasteiger partial charge is 0.352 e. The minimum atomic E-state index is -0.608. The molecule has 6 nitrogen and oxygen atoms in total. The summed E-state index contributed by atoms with van der Waals surface area (Å²) in [6.07, 6.45) is 1.90. The first kappa shape index (κ1) is 22.9. The predicted molar refractivity (Wildman–Crippen MR) is 114 cm³/mol. The van der Waals surface area contributed by atoms with Crippen molar-refractivity contribution in [3.8, 4) is 0 Å². The minimum Gasteiger partial charge on any atom is -0.352 e. The first-order valence-electron chi connectivity index (χ1n) is 10.7. The van der Waals surface area contributed by atoms with Gasteiger partial charge in [0.05, 0.1) is 0 Å². The van der Waals surface area contributed by atoms with Gasteiger partial charge in [0.2, 0.25) is 11.8 Å². The van der Waals surface area contributed by atoms with Gasteiger partial charge >= 0.3 is 0 Å². The Labute approximate surface area is 174 Å². The summed E-state index contributed by atoms with van der Waals surface area (Å²) in [6, 6.07) is 6.77. The van der Waals surface area contributed by atoms with Crippen LogP contribution in [0.5, 0.6) is 0 Å². The Morgan fingerprint density at radius 2 is 1.76 bits per heavy atom. The van der Waals surface area contributed by atoms with E-state index in [0.717, 1.165) is 5.56 Å². The molecule has 1 aromatic carbocycles. The quantitative estimate of drug-likeness (QED) is 0.737. The van der Waals surface area contributed by atoms with Crippen molar-refractivity contribution in [1.29, 1.82) is 0 Å². The molecule has 2 atom stereocenters. The standard InChI is InChI=1S/C23H35N3O3/c1-6-20(27)26-12-10-18(11-13-26)21(23(29)24-17(5)15(2)3)25-22(28)19-9-7-8-16(4)14-19/h7-9,14-15,17-18,21H,6,10-13H2,1-5H3,(H,24,29)(H,25,28)/t17-,21+/m0/s1. The number of nitrogens with one attached hydrogen (secondary N) is 2. The van der Waals surface area contributed by atoms with Gasteiger partial charge in [-0.15, -0.1) is 0 Å². The molecule has 1 fully saturated rings. The van der Waals surface area contributed by atoms with Gasteiger partial charge in [0.25, 0.3) is 5.91 Å². The van der Waals surface area contributed by atoms with E-state index in [9.17, 15) is 14.4 Å². The normalized spacial score (nSPS) is 17.0. The summed E-state index contributed by atoms with van der Waals surface area (Å²) in [5.74, 6) is 0.0624. The fourth-order valence-corrected chi connectivity index (χ4v) is 3.59. The molecule has 2 N–H and O–H groups in total. The molecule has 0 unspecified atom stereocenters. The molecule has 160 valence electrons. The van der Waals surface area contributed by atoms with Crippen LogP contribution < -0.4 is 10.6 Å². The molecule has 0 spiro atoms. The van der Waals surface area contributed by atoms with Gasteiger partial charge in [0, 0.05) is 31.1 Å². The van der Waals surface area contributed by atoms with E-state index in [-0.39, 0.29) is 29.7 Å². The summed E-state index contributed by atoms with van der Waals surface area (Å²) in [6.45, 7) is 11.1. The topological polar surface area (TPSA) is 78.5 Å². The summed E-state index contributed by atoms with van der Waals surface area (Å²) in [5, 5.41) is 6.03. The molecule has 0 aromatic heterocycles. The lowest BCUT2D eigenvalue weighted by molar-refractivity contribution is -0.132. The number of hydrogen-bond donors (Lipinski definition) is 2. The molecule has 2 rings (SSSR count). The Bertz CT molecular complexity index is 724. The third-order valence-corrected chi connectivity index (χ3v) is 5.89. The van der Waals surface area contributed by atoms with E-state index in [1.54, 1.807) is 6.07 Å². The van der Waals surface area contributed by atoms with E-state index in [2.05, 4.69) is 24.5 Å². The molecule has 1 aromatic rings. The Morgan fingerprint density at radius 3 is 2.31 bits per heavy atom. The van der Waals surface area contributed by atoms with E-state index in [1.807, 2.05) is 43.9 Å². The smallest absolute Gasteiger partial charge is 0.251 e. The monoisotopic (exact) mass is 401 g/mol. The van der Waals surface area contributed by atoms with Crippen molar-refractivity contribution in [1.82, 2.24) is 15.5 Å². The lowest BCUT2D eigenvalue weighted by Gasteiger charge is -2.36. The molecule has 1 aliphatic rings. The number of aryl methyl sites for hydroxylation is 1. The van der Waals surface area contributed by atoms with Crippen LogP contribution in [0.15, 0.2) is 24.3 Å². The second-order valence-electron chi connectivity index (χ2n) is 8.43. The molecule has 1 saturated heterocycles. The van der Waals surface area contributed by atoms with Gasteiger partial charge in [-0.1, -0.05) is 38.5 Å². The highest BCUT2D eigenvalue weighted by molar-refractivity contribution is 5.97. The highest BCUT2D eigenvalue weighted by Crippen LogP contribution is 2.22. The van der Waals surface area contributed by atoms with Crippen LogP contribution in [0.2, 0.25) is 0 Å². The van der Waals surface area contributed by atoms with E-state index >= 15 is 0 Å². The lowest BCUT2D eigenvalue weighted by Crippen LogP contribution is -2.55. The Hall–Kier alpha value is -2.37. The van der Waals surface area contributed by atoms with Crippen molar-refractivity contribution in [3.63, 3.8) is 0 Å². The van der Waals surface area contributed by atoms with Gasteiger partial charge in [0.1, 0.15) is 6.04 Å². The number of carbonyl (C=O) groups excluding carboxylic acids is 3. The van der Waals surface area contributed by atoms with Crippen molar-refractivity contribution in [2.24, 2.45) is 11.8 Å². The number of carbonyl (C=O) groups is 3. The molecule has 1 heterocycles. The number of amides is 3. The zero-order chi connectivity index (χ0) is 21.6.